The maximum absolute atomic E-state index is 12.7. The van der Waals surface area contributed by atoms with Gasteiger partial charge in [-0.3, -0.25) is 9.69 Å². The number of nitrogens with zero attached hydrogens (tertiary/aromatic N) is 2. The number of amides is 1. The Balaban J connectivity index is 1.54. The second-order valence-electron chi connectivity index (χ2n) is 7.80. The molecule has 0 unspecified atom stereocenters. The molecule has 2 aliphatic heterocycles. The first kappa shape index (κ1) is 20.2. The molecule has 1 atom stereocenters. The Morgan fingerprint density at radius 3 is 2.79 bits per heavy atom. The van der Waals surface area contributed by atoms with Gasteiger partial charge < -0.3 is 15.0 Å². The van der Waals surface area contributed by atoms with Gasteiger partial charge >= 0.3 is 0 Å². The summed E-state index contributed by atoms with van der Waals surface area (Å²) < 4.78 is 5.55. The van der Waals surface area contributed by atoms with Crippen molar-refractivity contribution in [2.24, 2.45) is 0 Å². The summed E-state index contributed by atoms with van der Waals surface area (Å²) in [4.78, 5) is 17.4. The Kier molecular flexibility index (Phi) is 6.38. The third-order valence-corrected chi connectivity index (χ3v) is 6.10. The van der Waals surface area contributed by atoms with E-state index in [1.54, 1.807) is 24.3 Å². The van der Waals surface area contributed by atoms with E-state index < -0.39 is 0 Å². The minimum atomic E-state index is -0.0940. The summed E-state index contributed by atoms with van der Waals surface area (Å²) in [6.07, 6.45) is 2.29. The molecule has 0 spiro atoms. The van der Waals surface area contributed by atoms with Gasteiger partial charge in [0, 0.05) is 49.5 Å². The number of nitrogens with one attached hydrogen (secondary N) is 1. The number of anilines is 1. The van der Waals surface area contributed by atoms with E-state index in [0.29, 0.717) is 17.1 Å². The van der Waals surface area contributed by atoms with Crippen LogP contribution in [0.3, 0.4) is 0 Å². The lowest BCUT2D eigenvalue weighted by atomic mass is 9.95. The lowest BCUT2D eigenvalue weighted by Gasteiger charge is -2.36. The average molecular weight is 414 g/mol. The fourth-order valence-electron chi connectivity index (χ4n) is 4.28. The summed E-state index contributed by atoms with van der Waals surface area (Å²) in [6.45, 7) is 4.86. The van der Waals surface area contributed by atoms with Crippen molar-refractivity contribution in [2.75, 3.05) is 51.3 Å². The van der Waals surface area contributed by atoms with Gasteiger partial charge in [-0.05, 0) is 48.2 Å². The Hall–Kier alpha value is -2.08. The molecule has 1 fully saturated rings. The van der Waals surface area contributed by atoms with Crippen LogP contribution in [0.5, 0.6) is 0 Å². The number of benzene rings is 2. The van der Waals surface area contributed by atoms with E-state index in [0.717, 1.165) is 39.3 Å². The van der Waals surface area contributed by atoms with Crippen molar-refractivity contribution >= 4 is 23.2 Å². The van der Waals surface area contributed by atoms with Gasteiger partial charge in [-0.15, -0.1) is 0 Å². The van der Waals surface area contributed by atoms with Crippen LogP contribution in [0.25, 0.3) is 0 Å². The first-order chi connectivity index (χ1) is 14.1. The Bertz CT molecular complexity index is 867. The van der Waals surface area contributed by atoms with Crippen LogP contribution in [0.2, 0.25) is 5.02 Å². The highest BCUT2D eigenvalue weighted by atomic mass is 35.5. The van der Waals surface area contributed by atoms with Crippen LogP contribution in [0.15, 0.2) is 42.5 Å². The SMILES string of the molecule is CN1CCCc2cc([C@H](CNC(=O)c3cccc(Cl)c3)N3CCOCC3)ccc21. The molecule has 4 rings (SSSR count). The molecule has 1 N–H and O–H groups in total. The van der Waals surface area contributed by atoms with Crippen LogP contribution in [0.1, 0.15) is 33.9 Å². The molecule has 154 valence electrons. The number of fused-ring (bicyclic) bond motifs is 1. The number of hydrogen-bond acceptors (Lipinski definition) is 4. The van der Waals surface area contributed by atoms with E-state index in [1.807, 2.05) is 0 Å². The topological polar surface area (TPSA) is 44.8 Å². The fourth-order valence-corrected chi connectivity index (χ4v) is 4.47. The zero-order valence-corrected chi connectivity index (χ0v) is 17.6. The van der Waals surface area contributed by atoms with Crippen LogP contribution in [-0.2, 0) is 11.2 Å². The Morgan fingerprint density at radius 2 is 2.00 bits per heavy atom. The van der Waals surface area contributed by atoms with Crippen molar-refractivity contribution in [3.63, 3.8) is 0 Å². The highest BCUT2D eigenvalue weighted by molar-refractivity contribution is 6.30. The number of rotatable bonds is 5. The van der Waals surface area contributed by atoms with Crippen LogP contribution in [0.4, 0.5) is 5.69 Å². The first-order valence-electron chi connectivity index (χ1n) is 10.3. The smallest absolute Gasteiger partial charge is 0.251 e. The molecule has 1 amide bonds. The van der Waals surface area contributed by atoms with Crippen LogP contribution < -0.4 is 10.2 Å². The number of morpholine rings is 1. The van der Waals surface area contributed by atoms with Crippen molar-refractivity contribution in [1.82, 2.24) is 10.2 Å². The van der Waals surface area contributed by atoms with Gasteiger partial charge in [0.2, 0.25) is 0 Å². The largest absolute Gasteiger partial charge is 0.379 e. The molecule has 0 aliphatic carbocycles. The lowest BCUT2D eigenvalue weighted by molar-refractivity contribution is 0.0162. The van der Waals surface area contributed by atoms with Crippen molar-refractivity contribution in [1.29, 1.82) is 0 Å². The van der Waals surface area contributed by atoms with E-state index in [4.69, 9.17) is 16.3 Å². The third-order valence-electron chi connectivity index (χ3n) is 5.87. The molecule has 6 heteroatoms. The average Bonchev–Trinajstić information content (AvgIpc) is 2.74. The molecule has 0 radical (unpaired) electrons. The van der Waals surface area contributed by atoms with Crippen LogP contribution in [0, 0.1) is 0 Å². The highest BCUT2D eigenvalue weighted by Gasteiger charge is 2.25. The summed E-state index contributed by atoms with van der Waals surface area (Å²) >= 11 is 6.04. The van der Waals surface area contributed by atoms with Gasteiger partial charge in [-0.25, -0.2) is 0 Å². The summed E-state index contributed by atoms with van der Waals surface area (Å²) in [6, 6.07) is 14.0. The van der Waals surface area contributed by atoms with Crippen molar-refractivity contribution in [2.45, 2.75) is 18.9 Å². The quantitative estimate of drug-likeness (QED) is 0.814. The van der Waals surface area contributed by atoms with Gasteiger partial charge in [0.1, 0.15) is 0 Å². The highest BCUT2D eigenvalue weighted by Crippen LogP contribution is 2.31. The predicted molar refractivity (Wildman–Crippen MR) is 117 cm³/mol. The van der Waals surface area contributed by atoms with E-state index in [9.17, 15) is 4.79 Å². The summed E-state index contributed by atoms with van der Waals surface area (Å²) in [5.41, 5.74) is 4.57. The zero-order chi connectivity index (χ0) is 20.2. The van der Waals surface area contributed by atoms with Gasteiger partial charge in [0.15, 0.2) is 0 Å². The van der Waals surface area contributed by atoms with Crippen LogP contribution >= 0.6 is 11.6 Å². The Morgan fingerprint density at radius 1 is 1.17 bits per heavy atom. The maximum Gasteiger partial charge on any atom is 0.251 e. The van der Waals surface area contributed by atoms with E-state index >= 15 is 0 Å². The summed E-state index contributed by atoms with van der Waals surface area (Å²) in [5.74, 6) is -0.0940. The van der Waals surface area contributed by atoms with Crippen LogP contribution in [-0.4, -0.2) is 57.2 Å². The summed E-state index contributed by atoms with van der Waals surface area (Å²) in [5, 5.41) is 3.69. The second kappa shape index (κ2) is 9.16. The number of carbonyl (C=O) groups is 1. The molecule has 29 heavy (non-hydrogen) atoms. The molecule has 0 bridgehead atoms. The minimum absolute atomic E-state index is 0.0940. The molecule has 2 heterocycles. The minimum Gasteiger partial charge on any atom is -0.379 e. The van der Waals surface area contributed by atoms with Crippen molar-refractivity contribution in [3.05, 3.63) is 64.2 Å². The normalized spacial score (nSPS) is 18.2. The molecule has 5 nitrogen and oxygen atoms in total. The van der Waals surface area contributed by atoms with Gasteiger partial charge in [0.25, 0.3) is 5.91 Å². The monoisotopic (exact) mass is 413 g/mol. The maximum atomic E-state index is 12.7. The number of hydrogen-bond donors (Lipinski definition) is 1. The number of aryl methyl sites for hydroxylation is 1. The van der Waals surface area contributed by atoms with Crippen molar-refractivity contribution in [3.8, 4) is 0 Å². The van der Waals surface area contributed by atoms with E-state index in [-0.39, 0.29) is 11.9 Å². The van der Waals surface area contributed by atoms with Gasteiger partial charge in [0.05, 0.1) is 19.3 Å². The molecule has 0 saturated carbocycles. The third kappa shape index (κ3) is 4.74. The van der Waals surface area contributed by atoms with Gasteiger partial charge in [-0.2, -0.15) is 0 Å². The standard InChI is InChI=1S/C23H28ClN3O2/c1-26-9-3-5-17-14-18(7-8-21(17)26)22(27-10-12-29-13-11-27)16-25-23(28)19-4-2-6-20(24)15-19/h2,4,6-8,14-15,22H,3,5,9-13,16H2,1H3,(H,25,28)/t22-/m0/s1. The lowest BCUT2D eigenvalue weighted by Crippen LogP contribution is -2.44. The molecular weight excluding hydrogens is 386 g/mol. The van der Waals surface area contributed by atoms with E-state index in [2.05, 4.69) is 40.4 Å². The first-order valence-corrected chi connectivity index (χ1v) is 10.7. The Labute approximate surface area is 177 Å². The number of ether oxygens (including phenoxy) is 1. The molecule has 2 aromatic carbocycles. The van der Waals surface area contributed by atoms with E-state index in [1.165, 1.54) is 23.2 Å². The molecule has 2 aliphatic rings. The molecule has 1 saturated heterocycles. The molecule has 0 aromatic heterocycles. The zero-order valence-electron chi connectivity index (χ0n) is 16.9. The van der Waals surface area contributed by atoms with Gasteiger partial charge in [-0.1, -0.05) is 29.8 Å². The number of halogens is 1. The summed E-state index contributed by atoms with van der Waals surface area (Å²) in [7, 11) is 2.16. The predicted octanol–water partition coefficient (Wildman–Crippen LogP) is 3.53. The number of carbonyl (C=O) groups excluding carboxylic acids is 1. The fraction of sp³-hybridized carbons (Fsp3) is 0.435. The molecule has 2 aromatic rings. The molecular formula is C23H28ClN3O2. The second-order valence-corrected chi connectivity index (χ2v) is 8.23. The van der Waals surface area contributed by atoms with Crippen molar-refractivity contribution < 1.29 is 9.53 Å².